The molecule has 0 bridgehead atoms. The van der Waals surface area contributed by atoms with Gasteiger partial charge in [0.2, 0.25) is 5.91 Å². The number of amides is 1. The van der Waals surface area contributed by atoms with E-state index >= 15 is 0 Å². The highest BCUT2D eigenvalue weighted by atomic mass is 35.5. The molecule has 2 aromatic carbocycles. The van der Waals surface area contributed by atoms with Crippen molar-refractivity contribution in [1.82, 2.24) is 4.90 Å². The number of carbonyl (C=O) groups excluding carboxylic acids is 1. The number of benzene rings is 2. The molecule has 1 unspecified atom stereocenters. The number of hydrogen-bond acceptors (Lipinski definition) is 2. The number of rotatable bonds is 6. The SMILES string of the molecule is CCC(C)CCC(=O)N1CCN(c2ccc(C)cc2Cl)[C@H](c2ccc(Cl)cc2)C1. The molecule has 1 aliphatic rings. The molecule has 0 aliphatic carbocycles. The number of piperazine rings is 1. The largest absolute Gasteiger partial charge is 0.360 e. The zero-order chi connectivity index (χ0) is 21.0. The van der Waals surface area contributed by atoms with Gasteiger partial charge in [-0.05, 0) is 54.7 Å². The molecular weight excluding hydrogens is 403 g/mol. The van der Waals surface area contributed by atoms with E-state index in [2.05, 4.69) is 43.0 Å². The van der Waals surface area contributed by atoms with Crippen molar-refractivity contribution in [3.8, 4) is 0 Å². The van der Waals surface area contributed by atoms with Crippen LogP contribution in [0.15, 0.2) is 42.5 Å². The summed E-state index contributed by atoms with van der Waals surface area (Å²) >= 11 is 12.7. The molecule has 1 amide bonds. The van der Waals surface area contributed by atoms with Crippen molar-refractivity contribution in [1.29, 1.82) is 0 Å². The van der Waals surface area contributed by atoms with E-state index in [1.807, 2.05) is 30.0 Å². The van der Waals surface area contributed by atoms with E-state index in [1.54, 1.807) is 0 Å². The van der Waals surface area contributed by atoms with Crippen LogP contribution >= 0.6 is 23.2 Å². The topological polar surface area (TPSA) is 23.6 Å². The van der Waals surface area contributed by atoms with E-state index < -0.39 is 0 Å². The van der Waals surface area contributed by atoms with Gasteiger partial charge in [-0.25, -0.2) is 0 Å². The Labute approximate surface area is 184 Å². The Kier molecular flexibility index (Phi) is 7.48. The minimum atomic E-state index is 0.0498. The molecule has 3 rings (SSSR count). The molecule has 0 saturated carbocycles. The minimum Gasteiger partial charge on any atom is -0.360 e. The van der Waals surface area contributed by atoms with Gasteiger partial charge in [0.1, 0.15) is 0 Å². The summed E-state index contributed by atoms with van der Waals surface area (Å²) in [5.41, 5.74) is 3.30. The molecule has 0 N–H and O–H groups in total. The lowest BCUT2D eigenvalue weighted by molar-refractivity contribution is -0.132. The second-order valence-electron chi connectivity index (χ2n) is 8.11. The Morgan fingerprint density at radius 1 is 1.14 bits per heavy atom. The van der Waals surface area contributed by atoms with Crippen LogP contribution in [0.25, 0.3) is 0 Å². The smallest absolute Gasteiger partial charge is 0.222 e. The second kappa shape index (κ2) is 9.86. The van der Waals surface area contributed by atoms with Crippen LogP contribution in [-0.4, -0.2) is 30.4 Å². The average Bonchev–Trinajstić information content (AvgIpc) is 2.72. The van der Waals surface area contributed by atoms with Crippen LogP contribution in [0.1, 0.15) is 50.3 Å². The normalized spacial score (nSPS) is 18.0. The summed E-state index contributed by atoms with van der Waals surface area (Å²) < 4.78 is 0. The van der Waals surface area contributed by atoms with Gasteiger partial charge in [0.25, 0.3) is 0 Å². The predicted octanol–water partition coefficient (Wildman–Crippen LogP) is 6.52. The quantitative estimate of drug-likeness (QED) is 0.518. The van der Waals surface area contributed by atoms with Gasteiger partial charge < -0.3 is 9.80 Å². The van der Waals surface area contributed by atoms with Crippen molar-refractivity contribution in [2.75, 3.05) is 24.5 Å². The van der Waals surface area contributed by atoms with Gasteiger partial charge >= 0.3 is 0 Å². The fourth-order valence-corrected chi connectivity index (χ4v) is 4.31. The summed E-state index contributed by atoms with van der Waals surface area (Å²) in [5, 5.41) is 1.46. The van der Waals surface area contributed by atoms with Crippen LogP contribution in [0.5, 0.6) is 0 Å². The zero-order valence-corrected chi connectivity index (χ0v) is 19.0. The summed E-state index contributed by atoms with van der Waals surface area (Å²) in [6.45, 7) is 8.56. The maximum atomic E-state index is 12.9. The Bertz CT molecular complexity index is 837. The van der Waals surface area contributed by atoms with Crippen LogP contribution in [-0.2, 0) is 4.79 Å². The number of halogens is 2. The summed E-state index contributed by atoms with van der Waals surface area (Å²) in [7, 11) is 0. The van der Waals surface area contributed by atoms with Gasteiger partial charge in [-0.1, -0.05) is 61.7 Å². The Morgan fingerprint density at radius 2 is 1.86 bits per heavy atom. The van der Waals surface area contributed by atoms with Crippen LogP contribution in [0, 0.1) is 12.8 Å². The van der Waals surface area contributed by atoms with Gasteiger partial charge in [-0.3, -0.25) is 4.79 Å². The summed E-state index contributed by atoms with van der Waals surface area (Å²) in [6, 6.07) is 14.1. The Hall–Kier alpha value is -1.71. The maximum absolute atomic E-state index is 12.9. The lowest BCUT2D eigenvalue weighted by Crippen LogP contribution is -2.50. The second-order valence-corrected chi connectivity index (χ2v) is 8.95. The summed E-state index contributed by atoms with van der Waals surface area (Å²) in [5.74, 6) is 0.831. The average molecular weight is 433 g/mol. The van der Waals surface area contributed by atoms with E-state index in [9.17, 15) is 4.79 Å². The predicted molar refractivity (Wildman–Crippen MR) is 123 cm³/mol. The summed E-state index contributed by atoms with van der Waals surface area (Å²) in [6.07, 6.45) is 2.68. The van der Waals surface area contributed by atoms with Crippen molar-refractivity contribution in [2.45, 2.75) is 46.1 Å². The van der Waals surface area contributed by atoms with Crippen molar-refractivity contribution in [3.63, 3.8) is 0 Å². The fraction of sp³-hybridized carbons (Fsp3) is 0.458. The molecule has 0 radical (unpaired) electrons. The number of hydrogen-bond donors (Lipinski definition) is 0. The highest BCUT2D eigenvalue weighted by Gasteiger charge is 2.31. The first kappa shape index (κ1) is 22.0. The lowest BCUT2D eigenvalue weighted by atomic mass is 9.99. The number of anilines is 1. The molecule has 1 fully saturated rings. The first-order valence-electron chi connectivity index (χ1n) is 10.4. The van der Waals surface area contributed by atoms with E-state index in [1.165, 1.54) is 0 Å². The van der Waals surface area contributed by atoms with E-state index in [0.29, 0.717) is 30.5 Å². The third-order valence-corrected chi connectivity index (χ3v) is 6.50. The van der Waals surface area contributed by atoms with Crippen LogP contribution in [0.4, 0.5) is 5.69 Å². The van der Waals surface area contributed by atoms with Crippen LogP contribution < -0.4 is 4.90 Å². The highest BCUT2D eigenvalue weighted by Crippen LogP contribution is 2.36. The van der Waals surface area contributed by atoms with Gasteiger partial charge in [0.05, 0.1) is 16.8 Å². The third kappa shape index (κ3) is 5.46. The van der Waals surface area contributed by atoms with Gasteiger partial charge in [-0.2, -0.15) is 0 Å². The molecule has 156 valence electrons. The minimum absolute atomic E-state index is 0.0498. The number of aryl methyl sites for hydroxylation is 1. The zero-order valence-electron chi connectivity index (χ0n) is 17.5. The molecule has 0 spiro atoms. The monoisotopic (exact) mass is 432 g/mol. The molecule has 3 nitrogen and oxygen atoms in total. The maximum Gasteiger partial charge on any atom is 0.222 e. The summed E-state index contributed by atoms with van der Waals surface area (Å²) in [4.78, 5) is 17.2. The first-order chi connectivity index (χ1) is 13.9. The van der Waals surface area contributed by atoms with Crippen molar-refractivity contribution >= 4 is 34.8 Å². The highest BCUT2D eigenvalue weighted by molar-refractivity contribution is 6.33. The van der Waals surface area contributed by atoms with Crippen LogP contribution in [0.3, 0.4) is 0 Å². The van der Waals surface area contributed by atoms with Gasteiger partial charge in [0, 0.05) is 31.1 Å². The van der Waals surface area contributed by atoms with Crippen molar-refractivity contribution < 1.29 is 4.79 Å². The standard InChI is InChI=1S/C24H30Cl2N2O/c1-4-17(2)6-12-24(29)27-13-14-28(22-11-5-18(3)15-21(22)26)23(16-27)19-7-9-20(25)10-8-19/h5,7-11,15,17,23H,4,6,12-14,16H2,1-3H3/t17?,23-/m0/s1. The molecule has 5 heteroatoms. The molecule has 29 heavy (non-hydrogen) atoms. The van der Waals surface area contributed by atoms with Crippen molar-refractivity contribution in [3.05, 3.63) is 63.6 Å². The fourth-order valence-electron chi connectivity index (χ4n) is 3.84. The van der Waals surface area contributed by atoms with Crippen LogP contribution in [0.2, 0.25) is 10.0 Å². The van der Waals surface area contributed by atoms with Crippen molar-refractivity contribution in [2.24, 2.45) is 5.92 Å². The third-order valence-electron chi connectivity index (χ3n) is 5.95. The molecule has 1 aliphatic heterocycles. The molecular formula is C24H30Cl2N2O. The number of carbonyl (C=O) groups is 1. The van der Waals surface area contributed by atoms with Gasteiger partial charge in [0.15, 0.2) is 0 Å². The molecule has 0 aromatic heterocycles. The van der Waals surface area contributed by atoms with E-state index in [0.717, 1.165) is 41.2 Å². The van der Waals surface area contributed by atoms with Gasteiger partial charge in [-0.15, -0.1) is 0 Å². The first-order valence-corrected chi connectivity index (χ1v) is 11.2. The number of nitrogens with zero attached hydrogens (tertiary/aromatic N) is 2. The van der Waals surface area contributed by atoms with E-state index in [4.69, 9.17) is 23.2 Å². The Balaban J connectivity index is 1.84. The molecule has 2 aromatic rings. The lowest BCUT2D eigenvalue weighted by Gasteiger charge is -2.43. The molecule has 1 saturated heterocycles. The molecule has 2 atom stereocenters. The van der Waals surface area contributed by atoms with E-state index in [-0.39, 0.29) is 11.9 Å². The Morgan fingerprint density at radius 3 is 2.52 bits per heavy atom. The molecule has 1 heterocycles.